The van der Waals surface area contributed by atoms with Gasteiger partial charge in [0.2, 0.25) is 0 Å². The first-order valence-corrected chi connectivity index (χ1v) is 7.60. The highest BCUT2D eigenvalue weighted by atomic mass is 16.6. The molecular formula is C16H21BO4. The average molecular weight is 288 g/mol. The summed E-state index contributed by atoms with van der Waals surface area (Å²) in [6.45, 7) is 3.09. The molecule has 2 bridgehead atoms. The van der Waals surface area contributed by atoms with Crippen LogP contribution in [-0.4, -0.2) is 38.1 Å². The Hall–Kier alpha value is -1.33. The molecule has 2 aliphatic rings. The van der Waals surface area contributed by atoms with E-state index in [0.717, 1.165) is 12.0 Å². The van der Waals surface area contributed by atoms with E-state index in [9.17, 15) is 4.79 Å². The minimum atomic E-state index is -0.407. The van der Waals surface area contributed by atoms with Gasteiger partial charge in [0.05, 0.1) is 24.1 Å². The lowest BCUT2D eigenvalue weighted by atomic mass is 9.77. The summed E-state index contributed by atoms with van der Waals surface area (Å²) in [5.41, 5.74) is 0.595. The van der Waals surface area contributed by atoms with Gasteiger partial charge < -0.3 is 14.2 Å². The zero-order valence-electron chi connectivity index (χ0n) is 12.6. The Morgan fingerprint density at radius 3 is 2.95 bits per heavy atom. The van der Waals surface area contributed by atoms with Gasteiger partial charge in [0.15, 0.2) is 0 Å². The molecule has 1 aromatic carbocycles. The van der Waals surface area contributed by atoms with E-state index in [4.69, 9.17) is 14.2 Å². The molecule has 3 rings (SSSR count). The molecule has 2 saturated heterocycles. The number of hydrogen-bond acceptors (Lipinski definition) is 4. The predicted molar refractivity (Wildman–Crippen MR) is 80.5 cm³/mol. The van der Waals surface area contributed by atoms with Gasteiger partial charge in [-0.05, 0) is 5.56 Å². The van der Waals surface area contributed by atoms with Crippen LogP contribution in [0.25, 0.3) is 0 Å². The van der Waals surface area contributed by atoms with E-state index in [1.807, 2.05) is 38.2 Å². The maximum Gasteiger partial charge on any atom is 0.309 e. The van der Waals surface area contributed by atoms with Crippen LogP contribution in [0.1, 0.15) is 25.3 Å². The van der Waals surface area contributed by atoms with Crippen molar-refractivity contribution >= 4 is 13.8 Å². The minimum Gasteiger partial charge on any atom is -0.461 e. The Bertz CT molecular complexity index is 506. The third kappa shape index (κ3) is 2.85. The van der Waals surface area contributed by atoms with Crippen LogP contribution in [0, 0.1) is 5.92 Å². The Morgan fingerprint density at radius 1 is 1.43 bits per heavy atom. The molecule has 21 heavy (non-hydrogen) atoms. The molecule has 112 valence electrons. The molecule has 2 fully saturated rings. The number of carbonyl (C=O) groups is 1. The van der Waals surface area contributed by atoms with Gasteiger partial charge in [0.25, 0.3) is 0 Å². The van der Waals surface area contributed by atoms with E-state index in [0.29, 0.717) is 19.6 Å². The lowest BCUT2D eigenvalue weighted by Gasteiger charge is -2.36. The van der Waals surface area contributed by atoms with Crippen molar-refractivity contribution in [2.45, 2.75) is 44.1 Å². The molecule has 4 atom stereocenters. The Kier molecular flexibility index (Phi) is 4.04. The molecule has 1 aromatic rings. The molecule has 0 N–H and O–H groups in total. The second kappa shape index (κ2) is 5.81. The van der Waals surface area contributed by atoms with Crippen molar-refractivity contribution in [1.29, 1.82) is 0 Å². The zero-order chi connectivity index (χ0) is 14.9. The maximum absolute atomic E-state index is 12.2. The monoisotopic (exact) mass is 288 g/mol. The smallest absolute Gasteiger partial charge is 0.309 e. The van der Waals surface area contributed by atoms with Crippen molar-refractivity contribution in [3.8, 4) is 0 Å². The van der Waals surface area contributed by atoms with Crippen molar-refractivity contribution in [1.82, 2.24) is 0 Å². The summed E-state index contributed by atoms with van der Waals surface area (Å²) in [6.07, 6.45) is 1.17. The first-order chi connectivity index (χ1) is 10.1. The Labute approximate surface area is 126 Å². The average Bonchev–Trinajstić information content (AvgIpc) is 2.62. The van der Waals surface area contributed by atoms with Gasteiger partial charge in [-0.1, -0.05) is 37.3 Å². The summed E-state index contributed by atoms with van der Waals surface area (Å²) in [7, 11) is 2.02. The van der Waals surface area contributed by atoms with Crippen LogP contribution in [0.5, 0.6) is 0 Å². The zero-order valence-corrected chi connectivity index (χ0v) is 12.6. The van der Waals surface area contributed by atoms with Crippen molar-refractivity contribution in [3.05, 3.63) is 35.9 Å². The fraction of sp³-hybridized carbons (Fsp3) is 0.562. The van der Waals surface area contributed by atoms with Crippen LogP contribution in [0.3, 0.4) is 0 Å². The molecule has 0 aliphatic carbocycles. The minimum absolute atomic E-state index is 0.0458. The lowest BCUT2D eigenvalue weighted by molar-refractivity contribution is -0.155. The fourth-order valence-electron chi connectivity index (χ4n) is 3.51. The SMILES string of the molecule is B[C@@H]1O[C@@]2(CC(=O)OCc3ccccc3)CCO[C@H]1C2C. The van der Waals surface area contributed by atoms with Crippen LogP contribution in [0.2, 0.25) is 0 Å². The molecule has 5 heteroatoms. The molecule has 0 radical (unpaired) electrons. The van der Waals surface area contributed by atoms with Gasteiger partial charge in [-0.2, -0.15) is 0 Å². The molecular weight excluding hydrogens is 267 g/mol. The summed E-state index contributed by atoms with van der Waals surface area (Å²) >= 11 is 0. The molecule has 0 aromatic heterocycles. The van der Waals surface area contributed by atoms with Crippen molar-refractivity contribution in [3.63, 3.8) is 0 Å². The fourth-order valence-corrected chi connectivity index (χ4v) is 3.51. The van der Waals surface area contributed by atoms with E-state index in [1.165, 1.54) is 0 Å². The number of esters is 1. The number of carbonyl (C=O) groups excluding carboxylic acids is 1. The second-order valence-corrected chi connectivity index (χ2v) is 6.08. The summed E-state index contributed by atoms with van der Waals surface area (Å²) in [5.74, 6) is 0.0333. The Morgan fingerprint density at radius 2 is 2.19 bits per heavy atom. The molecule has 2 heterocycles. The van der Waals surface area contributed by atoms with E-state index in [-0.39, 0.29) is 24.0 Å². The molecule has 0 saturated carbocycles. The number of rotatable bonds is 4. The number of ether oxygens (including phenoxy) is 3. The third-order valence-electron chi connectivity index (χ3n) is 4.73. The first kappa shape index (κ1) is 14.6. The topological polar surface area (TPSA) is 44.8 Å². The van der Waals surface area contributed by atoms with Crippen LogP contribution in [0.15, 0.2) is 30.3 Å². The van der Waals surface area contributed by atoms with E-state index < -0.39 is 5.60 Å². The third-order valence-corrected chi connectivity index (χ3v) is 4.73. The lowest BCUT2D eigenvalue weighted by Crippen LogP contribution is -2.44. The standard InChI is InChI=1S/C16H21BO4/c1-11-14-15(17)21-16(11,7-8-19-14)9-13(18)20-10-12-5-3-2-4-6-12/h2-6,11,14-15H,7-10,17H2,1H3/t11?,14-,15+,16+/m0/s1. The van der Waals surface area contributed by atoms with Crippen molar-refractivity contribution in [2.75, 3.05) is 6.61 Å². The van der Waals surface area contributed by atoms with Crippen LogP contribution >= 0.6 is 0 Å². The van der Waals surface area contributed by atoms with E-state index in [2.05, 4.69) is 6.92 Å². The summed E-state index contributed by atoms with van der Waals surface area (Å²) in [6, 6.07) is 9.77. The van der Waals surface area contributed by atoms with Crippen molar-refractivity contribution in [2.24, 2.45) is 5.92 Å². The summed E-state index contributed by atoms with van der Waals surface area (Å²) < 4.78 is 17.2. The Balaban J connectivity index is 1.59. The van der Waals surface area contributed by atoms with Gasteiger partial charge in [-0.25, -0.2) is 0 Å². The summed E-state index contributed by atoms with van der Waals surface area (Å²) in [5, 5.41) is 0. The highest BCUT2D eigenvalue weighted by Crippen LogP contribution is 2.45. The predicted octanol–water partition coefficient (Wildman–Crippen LogP) is 1.27. The van der Waals surface area contributed by atoms with Crippen LogP contribution in [-0.2, 0) is 25.6 Å². The number of hydrogen-bond donors (Lipinski definition) is 0. The molecule has 4 nitrogen and oxygen atoms in total. The molecule has 2 aliphatic heterocycles. The van der Waals surface area contributed by atoms with Gasteiger partial charge in [0, 0.05) is 18.9 Å². The second-order valence-electron chi connectivity index (χ2n) is 6.08. The van der Waals surface area contributed by atoms with Crippen molar-refractivity contribution < 1.29 is 19.0 Å². The molecule has 1 unspecified atom stereocenters. The van der Waals surface area contributed by atoms with E-state index >= 15 is 0 Å². The largest absolute Gasteiger partial charge is 0.461 e. The van der Waals surface area contributed by atoms with Crippen LogP contribution < -0.4 is 0 Å². The normalized spacial score (nSPS) is 34.6. The number of benzene rings is 1. The molecule has 0 spiro atoms. The van der Waals surface area contributed by atoms with Gasteiger partial charge in [-0.3, -0.25) is 4.79 Å². The van der Waals surface area contributed by atoms with Gasteiger partial charge >= 0.3 is 5.97 Å². The van der Waals surface area contributed by atoms with Gasteiger partial charge in [-0.15, -0.1) is 0 Å². The van der Waals surface area contributed by atoms with Gasteiger partial charge in [0.1, 0.15) is 14.5 Å². The quantitative estimate of drug-likeness (QED) is 0.618. The highest BCUT2D eigenvalue weighted by Gasteiger charge is 2.55. The number of fused-ring (bicyclic) bond motifs is 2. The summed E-state index contributed by atoms with van der Waals surface area (Å²) in [4.78, 5) is 12.2. The highest BCUT2D eigenvalue weighted by molar-refractivity contribution is 6.11. The molecule has 0 amide bonds. The van der Waals surface area contributed by atoms with Crippen LogP contribution in [0.4, 0.5) is 0 Å². The van der Waals surface area contributed by atoms with E-state index in [1.54, 1.807) is 0 Å². The maximum atomic E-state index is 12.2. The first-order valence-electron chi connectivity index (χ1n) is 7.60.